The molecule has 1 aromatic carbocycles. The summed E-state index contributed by atoms with van der Waals surface area (Å²) in [6.07, 6.45) is 0. The summed E-state index contributed by atoms with van der Waals surface area (Å²) >= 11 is 6.06. The van der Waals surface area contributed by atoms with E-state index >= 15 is 0 Å². The molecule has 1 atom stereocenters. The molecule has 0 aromatic heterocycles. The summed E-state index contributed by atoms with van der Waals surface area (Å²) in [5.41, 5.74) is 6.93. The average molecular weight is 242 g/mol. The molecule has 0 saturated heterocycles. The van der Waals surface area contributed by atoms with Crippen LogP contribution in [0.15, 0.2) is 18.2 Å². The Morgan fingerprint density at radius 1 is 1.50 bits per heavy atom. The summed E-state index contributed by atoms with van der Waals surface area (Å²) in [5.74, 6) is -0.231. The van der Waals surface area contributed by atoms with Crippen LogP contribution in [0.5, 0.6) is 0 Å². The zero-order valence-corrected chi connectivity index (χ0v) is 10.4. The molecule has 0 heterocycles. The Labute approximate surface area is 100 Å². The Morgan fingerprint density at radius 2 is 2.12 bits per heavy atom. The van der Waals surface area contributed by atoms with Crippen molar-refractivity contribution >= 4 is 28.9 Å². The lowest BCUT2D eigenvalue weighted by molar-refractivity contribution is -0.117. The number of carbonyl (C=O) groups is 1. The number of halogens is 1. The fourth-order valence-corrected chi connectivity index (χ4v) is 1.66. The Kier molecular flexibility index (Phi) is 4.15. The van der Waals surface area contributed by atoms with Crippen molar-refractivity contribution in [2.45, 2.75) is 13.0 Å². The van der Waals surface area contributed by atoms with E-state index in [0.29, 0.717) is 10.7 Å². The van der Waals surface area contributed by atoms with Crippen molar-refractivity contribution in [1.29, 1.82) is 0 Å². The molecule has 1 amide bonds. The number of para-hydroxylation sites is 1. The van der Waals surface area contributed by atoms with E-state index < -0.39 is 6.04 Å². The smallest absolute Gasteiger partial charge is 0.241 e. The lowest BCUT2D eigenvalue weighted by Crippen LogP contribution is -2.33. The summed E-state index contributed by atoms with van der Waals surface area (Å²) in [6, 6.07) is 4.81. The number of benzene rings is 1. The molecule has 3 N–H and O–H groups in total. The number of hydrogen-bond donors (Lipinski definition) is 2. The van der Waals surface area contributed by atoms with Crippen molar-refractivity contribution in [2.75, 3.05) is 24.3 Å². The Balaban J connectivity index is 3.04. The van der Waals surface area contributed by atoms with E-state index in [1.54, 1.807) is 25.1 Å². The first-order valence-corrected chi connectivity index (χ1v) is 5.33. The Morgan fingerprint density at radius 3 is 2.62 bits per heavy atom. The first-order chi connectivity index (χ1) is 7.43. The molecule has 4 nitrogen and oxygen atoms in total. The number of anilines is 2. The molecule has 1 unspecified atom stereocenters. The van der Waals surface area contributed by atoms with Crippen molar-refractivity contribution in [2.24, 2.45) is 5.73 Å². The van der Waals surface area contributed by atoms with Crippen LogP contribution in [0.1, 0.15) is 6.92 Å². The number of nitrogens with one attached hydrogen (secondary N) is 1. The van der Waals surface area contributed by atoms with Crippen molar-refractivity contribution in [3.05, 3.63) is 23.2 Å². The van der Waals surface area contributed by atoms with Gasteiger partial charge in [0.1, 0.15) is 0 Å². The molecule has 0 aliphatic heterocycles. The lowest BCUT2D eigenvalue weighted by atomic mass is 10.2. The maximum absolute atomic E-state index is 11.5. The summed E-state index contributed by atoms with van der Waals surface area (Å²) < 4.78 is 0. The van der Waals surface area contributed by atoms with E-state index in [1.807, 2.05) is 19.0 Å². The van der Waals surface area contributed by atoms with E-state index in [0.717, 1.165) is 5.69 Å². The van der Waals surface area contributed by atoms with Crippen molar-refractivity contribution in [3.8, 4) is 0 Å². The minimum Gasteiger partial charge on any atom is -0.375 e. The van der Waals surface area contributed by atoms with Crippen LogP contribution in [0.2, 0.25) is 5.02 Å². The quantitative estimate of drug-likeness (QED) is 0.847. The molecular formula is C11H16ClN3O. The van der Waals surface area contributed by atoms with Gasteiger partial charge in [0.05, 0.1) is 22.4 Å². The maximum atomic E-state index is 11.5. The third kappa shape index (κ3) is 2.87. The number of nitrogens with two attached hydrogens (primary N) is 1. The van der Waals surface area contributed by atoms with E-state index in [-0.39, 0.29) is 5.91 Å². The van der Waals surface area contributed by atoms with Crippen LogP contribution in [-0.2, 0) is 4.79 Å². The molecule has 88 valence electrons. The van der Waals surface area contributed by atoms with Crippen LogP contribution >= 0.6 is 11.6 Å². The molecule has 0 fully saturated rings. The molecular weight excluding hydrogens is 226 g/mol. The van der Waals surface area contributed by atoms with E-state index in [2.05, 4.69) is 5.32 Å². The fourth-order valence-electron chi connectivity index (χ4n) is 1.32. The summed E-state index contributed by atoms with van der Waals surface area (Å²) in [5, 5.41) is 3.33. The molecule has 0 bridgehead atoms. The number of carbonyl (C=O) groups excluding carboxylic acids is 1. The van der Waals surface area contributed by atoms with Crippen molar-refractivity contribution < 1.29 is 4.79 Å². The van der Waals surface area contributed by atoms with Crippen LogP contribution in [0, 0.1) is 0 Å². The monoisotopic (exact) mass is 241 g/mol. The van der Waals surface area contributed by atoms with Crippen molar-refractivity contribution in [1.82, 2.24) is 0 Å². The first-order valence-electron chi connectivity index (χ1n) is 4.95. The highest BCUT2D eigenvalue weighted by Crippen LogP contribution is 2.32. The van der Waals surface area contributed by atoms with E-state index in [1.165, 1.54) is 0 Å². The molecule has 16 heavy (non-hydrogen) atoms. The molecule has 5 heteroatoms. The van der Waals surface area contributed by atoms with Crippen LogP contribution in [-0.4, -0.2) is 26.0 Å². The summed E-state index contributed by atoms with van der Waals surface area (Å²) in [7, 11) is 3.73. The number of nitrogens with zero attached hydrogens (tertiary/aromatic N) is 1. The van der Waals surface area contributed by atoms with Gasteiger partial charge in [-0.05, 0) is 19.1 Å². The maximum Gasteiger partial charge on any atom is 0.241 e. The standard InChI is InChI=1S/C11H16ClN3O/c1-7(13)11(16)14-9-6-4-5-8(12)10(9)15(2)3/h4-7H,13H2,1-3H3,(H,14,16). The second kappa shape index (κ2) is 5.18. The second-order valence-electron chi connectivity index (χ2n) is 3.81. The number of amides is 1. The van der Waals surface area contributed by atoms with E-state index in [4.69, 9.17) is 17.3 Å². The van der Waals surface area contributed by atoms with Gasteiger partial charge in [-0.15, -0.1) is 0 Å². The van der Waals surface area contributed by atoms with Crippen LogP contribution in [0.3, 0.4) is 0 Å². The highest BCUT2D eigenvalue weighted by molar-refractivity contribution is 6.34. The van der Waals surface area contributed by atoms with Gasteiger partial charge in [0.15, 0.2) is 0 Å². The van der Waals surface area contributed by atoms with Gasteiger partial charge in [-0.25, -0.2) is 0 Å². The van der Waals surface area contributed by atoms with Gasteiger partial charge < -0.3 is 16.0 Å². The third-order valence-corrected chi connectivity index (χ3v) is 2.41. The predicted molar refractivity (Wildman–Crippen MR) is 68.1 cm³/mol. The minimum absolute atomic E-state index is 0.231. The zero-order valence-electron chi connectivity index (χ0n) is 9.62. The lowest BCUT2D eigenvalue weighted by Gasteiger charge is -2.19. The molecule has 0 saturated carbocycles. The van der Waals surface area contributed by atoms with Gasteiger partial charge in [0.25, 0.3) is 0 Å². The van der Waals surface area contributed by atoms with Gasteiger partial charge >= 0.3 is 0 Å². The topological polar surface area (TPSA) is 58.4 Å². The van der Waals surface area contributed by atoms with Gasteiger partial charge in [0, 0.05) is 14.1 Å². The van der Waals surface area contributed by atoms with Crippen LogP contribution in [0.4, 0.5) is 11.4 Å². The highest BCUT2D eigenvalue weighted by Gasteiger charge is 2.13. The zero-order chi connectivity index (χ0) is 12.3. The van der Waals surface area contributed by atoms with Crippen LogP contribution in [0.25, 0.3) is 0 Å². The number of hydrogen-bond acceptors (Lipinski definition) is 3. The predicted octanol–water partition coefficient (Wildman–Crippen LogP) is 1.69. The molecule has 1 rings (SSSR count). The fraction of sp³-hybridized carbons (Fsp3) is 0.364. The highest BCUT2D eigenvalue weighted by atomic mass is 35.5. The number of rotatable bonds is 3. The first kappa shape index (κ1) is 12.8. The second-order valence-corrected chi connectivity index (χ2v) is 4.22. The molecule has 0 aliphatic rings. The normalized spacial score (nSPS) is 12.1. The Bertz CT molecular complexity index is 391. The average Bonchev–Trinajstić information content (AvgIpc) is 2.16. The molecule has 0 radical (unpaired) electrons. The van der Waals surface area contributed by atoms with Gasteiger partial charge in [-0.3, -0.25) is 4.79 Å². The molecule has 1 aromatic rings. The molecule has 0 spiro atoms. The van der Waals surface area contributed by atoms with E-state index in [9.17, 15) is 4.79 Å². The van der Waals surface area contributed by atoms with Crippen LogP contribution < -0.4 is 16.0 Å². The van der Waals surface area contributed by atoms with Crippen molar-refractivity contribution in [3.63, 3.8) is 0 Å². The SMILES string of the molecule is CC(N)C(=O)Nc1cccc(Cl)c1N(C)C. The largest absolute Gasteiger partial charge is 0.375 e. The molecule has 0 aliphatic carbocycles. The Hall–Kier alpha value is -1.26. The third-order valence-electron chi connectivity index (χ3n) is 2.11. The summed E-state index contributed by atoms with van der Waals surface area (Å²) in [6.45, 7) is 1.63. The van der Waals surface area contributed by atoms with Gasteiger partial charge in [0.2, 0.25) is 5.91 Å². The summed E-state index contributed by atoms with van der Waals surface area (Å²) in [4.78, 5) is 13.3. The van der Waals surface area contributed by atoms with Gasteiger partial charge in [-0.2, -0.15) is 0 Å². The van der Waals surface area contributed by atoms with Gasteiger partial charge in [-0.1, -0.05) is 17.7 Å². The minimum atomic E-state index is -0.547.